The Bertz CT molecular complexity index is 1030. The van der Waals surface area contributed by atoms with Crippen LogP contribution in [0, 0.1) is 24.5 Å². The monoisotopic (exact) mass is 421 g/mol. The Morgan fingerprint density at radius 2 is 2.14 bits per heavy atom. The fourth-order valence-electron chi connectivity index (χ4n) is 3.86. The summed E-state index contributed by atoms with van der Waals surface area (Å²) in [7, 11) is 0. The van der Waals surface area contributed by atoms with Crippen molar-refractivity contribution in [3.05, 3.63) is 63.4 Å². The van der Waals surface area contributed by atoms with Crippen LogP contribution >= 0.6 is 23.4 Å². The highest BCUT2D eigenvalue weighted by Gasteiger charge is 2.55. The first-order valence-corrected chi connectivity index (χ1v) is 10.1. The summed E-state index contributed by atoms with van der Waals surface area (Å²) in [5.41, 5.74) is 6.39. The fraction of sp³-hybridized carbons (Fsp3) is 0.350. The lowest BCUT2D eigenvalue weighted by Gasteiger charge is -2.30. The van der Waals surface area contributed by atoms with Crippen LogP contribution in [0.1, 0.15) is 40.5 Å². The van der Waals surface area contributed by atoms with Gasteiger partial charge in [-0.3, -0.25) is 14.8 Å². The zero-order valence-electron chi connectivity index (χ0n) is 15.3. The van der Waals surface area contributed by atoms with Gasteiger partial charge in [-0.1, -0.05) is 23.4 Å². The number of amidine groups is 1. The number of rotatable bonds is 4. The molecule has 1 aromatic carbocycles. The highest BCUT2D eigenvalue weighted by molar-refractivity contribution is 8.14. The third kappa shape index (κ3) is 3.31. The number of ketones is 1. The molecule has 0 spiro atoms. The summed E-state index contributed by atoms with van der Waals surface area (Å²) in [6.45, 7) is 3.51. The lowest BCUT2D eigenvalue weighted by atomic mass is 9.85. The van der Waals surface area contributed by atoms with Gasteiger partial charge in [-0.15, -0.1) is 0 Å². The van der Waals surface area contributed by atoms with Crippen LogP contribution in [0.15, 0.2) is 29.4 Å². The molecule has 2 N–H and O–H groups in total. The van der Waals surface area contributed by atoms with Crippen LogP contribution in [0.4, 0.5) is 8.78 Å². The number of nitrogens with two attached hydrogens (primary N) is 1. The molecular formula is C20H18ClF2N3OS. The molecule has 8 heteroatoms. The number of aliphatic imine (C=N–C) groups is 1. The van der Waals surface area contributed by atoms with Gasteiger partial charge in [0.25, 0.3) is 0 Å². The van der Waals surface area contributed by atoms with Crippen LogP contribution in [0.5, 0.6) is 0 Å². The molecule has 3 atom stereocenters. The number of pyridine rings is 1. The number of thioether (sulfide) groups is 1. The summed E-state index contributed by atoms with van der Waals surface area (Å²) in [4.78, 5) is 21.2. The Labute approximate surface area is 170 Å². The Hall–Kier alpha value is -1.99. The summed E-state index contributed by atoms with van der Waals surface area (Å²) >= 11 is 7.36. The maximum absolute atomic E-state index is 14.7. The number of fused-ring (bicyclic) bond motifs is 1. The van der Waals surface area contributed by atoms with Crippen molar-refractivity contribution in [1.82, 2.24) is 4.98 Å². The van der Waals surface area contributed by atoms with E-state index in [9.17, 15) is 13.6 Å². The predicted octanol–water partition coefficient (Wildman–Crippen LogP) is 4.41. The van der Waals surface area contributed by atoms with E-state index in [0.717, 1.165) is 12.5 Å². The third-order valence-corrected chi connectivity index (χ3v) is 6.74. The normalized spacial score (nSPS) is 25.8. The van der Waals surface area contributed by atoms with E-state index in [4.69, 9.17) is 17.3 Å². The molecule has 2 heterocycles. The van der Waals surface area contributed by atoms with Crippen LogP contribution < -0.4 is 5.73 Å². The first-order chi connectivity index (χ1) is 13.2. The van der Waals surface area contributed by atoms with Crippen molar-refractivity contribution in [3.63, 3.8) is 0 Å². The van der Waals surface area contributed by atoms with Gasteiger partial charge in [0.2, 0.25) is 0 Å². The molecule has 146 valence electrons. The van der Waals surface area contributed by atoms with E-state index in [0.29, 0.717) is 21.3 Å². The number of aromatic nitrogens is 1. The second-order valence-electron chi connectivity index (χ2n) is 7.45. The molecule has 1 aliphatic carbocycles. The molecular weight excluding hydrogens is 404 g/mol. The SMILES string of the molecule is Cc1cc(Cl)cnc1C(=O)Cc1cc(F)c(F)c([C@@]2(C)N=C(N)S[C@H]3C[C@H]32)c1. The van der Waals surface area contributed by atoms with E-state index in [1.807, 2.05) is 0 Å². The predicted molar refractivity (Wildman–Crippen MR) is 107 cm³/mol. The van der Waals surface area contributed by atoms with Crippen molar-refractivity contribution in [2.45, 2.75) is 37.5 Å². The topological polar surface area (TPSA) is 68.3 Å². The number of halogens is 3. The lowest BCUT2D eigenvalue weighted by molar-refractivity contribution is 0.0987. The van der Waals surface area contributed by atoms with Crippen LogP contribution in [-0.4, -0.2) is 21.2 Å². The number of Topliss-reactive ketones (excluding diaryl/α,β-unsaturated/α-hetero) is 1. The van der Waals surface area contributed by atoms with Crippen LogP contribution in [-0.2, 0) is 12.0 Å². The smallest absolute Gasteiger partial charge is 0.185 e. The van der Waals surface area contributed by atoms with Crippen LogP contribution in [0.25, 0.3) is 0 Å². The van der Waals surface area contributed by atoms with Crippen molar-refractivity contribution in [3.8, 4) is 0 Å². The second-order valence-corrected chi connectivity index (χ2v) is 9.15. The Morgan fingerprint density at radius 1 is 1.39 bits per heavy atom. The van der Waals surface area contributed by atoms with Crippen molar-refractivity contribution >= 4 is 34.3 Å². The minimum absolute atomic E-state index is 0.0994. The number of hydrogen-bond donors (Lipinski definition) is 1. The standard InChI is InChI=1S/C20H18ClF2N3OS/c1-9-3-11(21)8-25-18(9)15(27)6-10-4-13(17(23)14(22)5-10)20(2)12-7-16(12)28-19(24)26-20/h3-5,8,12,16H,6-7H2,1-2H3,(H2,24,26)/t12-,16+,20+/m1/s1. The van der Waals surface area contributed by atoms with Gasteiger partial charge < -0.3 is 5.73 Å². The lowest BCUT2D eigenvalue weighted by Crippen LogP contribution is -2.32. The summed E-state index contributed by atoms with van der Waals surface area (Å²) in [6, 6.07) is 4.23. The van der Waals surface area contributed by atoms with Gasteiger partial charge in [-0.25, -0.2) is 8.78 Å². The van der Waals surface area contributed by atoms with Gasteiger partial charge >= 0.3 is 0 Å². The minimum Gasteiger partial charge on any atom is -0.379 e. The second kappa shape index (κ2) is 6.81. The fourth-order valence-corrected chi connectivity index (χ4v) is 5.36. The van der Waals surface area contributed by atoms with Gasteiger partial charge in [-0.2, -0.15) is 0 Å². The molecule has 0 saturated heterocycles. The van der Waals surface area contributed by atoms with Crippen molar-refractivity contribution in [2.24, 2.45) is 16.6 Å². The van der Waals surface area contributed by atoms with E-state index < -0.39 is 17.2 Å². The average Bonchev–Trinajstić information content (AvgIpc) is 3.37. The molecule has 0 bridgehead atoms. The Balaban J connectivity index is 1.70. The molecule has 0 unspecified atom stereocenters. The van der Waals surface area contributed by atoms with E-state index in [-0.39, 0.29) is 34.6 Å². The minimum atomic E-state index is -0.994. The number of aryl methyl sites for hydroxylation is 1. The molecule has 4 rings (SSSR count). The van der Waals surface area contributed by atoms with E-state index in [1.165, 1.54) is 24.0 Å². The Morgan fingerprint density at radius 3 is 2.86 bits per heavy atom. The molecule has 4 nitrogen and oxygen atoms in total. The van der Waals surface area contributed by atoms with Gasteiger partial charge in [0.15, 0.2) is 22.6 Å². The van der Waals surface area contributed by atoms with Crippen LogP contribution in [0.2, 0.25) is 5.02 Å². The van der Waals surface area contributed by atoms with Gasteiger partial charge in [0, 0.05) is 29.3 Å². The number of carbonyl (C=O) groups excluding carboxylic acids is 1. The molecule has 1 saturated carbocycles. The quantitative estimate of drug-likeness (QED) is 0.742. The average molecular weight is 422 g/mol. The molecule has 1 aromatic heterocycles. The molecule has 0 amide bonds. The molecule has 2 aromatic rings. The summed E-state index contributed by atoms with van der Waals surface area (Å²) in [6.07, 6.45) is 2.14. The Kier molecular flexibility index (Phi) is 4.70. The summed E-state index contributed by atoms with van der Waals surface area (Å²) in [5.74, 6) is -2.12. The molecule has 0 radical (unpaired) electrons. The highest BCUT2D eigenvalue weighted by atomic mass is 35.5. The number of benzene rings is 1. The molecule has 28 heavy (non-hydrogen) atoms. The summed E-state index contributed by atoms with van der Waals surface area (Å²) in [5, 5.41) is 1.08. The van der Waals surface area contributed by atoms with Crippen molar-refractivity contribution < 1.29 is 13.6 Å². The number of nitrogens with zero attached hydrogens (tertiary/aromatic N) is 2. The van der Waals surface area contributed by atoms with Crippen LogP contribution in [0.3, 0.4) is 0 Å². The van der Waals surface area contributed by atoms with Gasteiger partial charge in [0.05, 0.1) is 10.6 Å². The largest absolute Gasteiger partial charge is 0.379 e. The zero-order chi connectivity index (χ0) is 20.2. The summed E-state index contributed by atoms with van der Waals surface area (Å²) < 4.78 is 29.1. The highest BCUT2D eigenvalue weighted by Crippen LogP contribution is 2.57. The van der Waals surface area contributed by atoms with Gasteiger partial charge in [-0.05, 0) is 49.6 Å². The molecule has 1 fully saturated rings. The number of carbonyl (C=O) groups is 1. The molecule has 1 aliphatic heterocycles. The number of hydrogen-bond acceptors (Lipinski definition) is 5. The first-order valence-electron chi connectivity index (χ1n) is 8.84. The maximum Gasteiger partial charge on any atom is 0.185 e. The first kappa shape index (κ1) is 19.3. The van der Waals surface area contributed by atoms with E-state index in [2.05, 4.69) is 9.98 Å². The molecule has 2 aliphatic rings. The van der Waals surface area contributed by atoms with Crippen molar-refractivity contribution in [1.29, 1.82) is 0 Å². The van der Waals surface area contributed by atoms with Crippen molar-refractivity contribution in [2.75, 3.05) is 0 Å². The maximum atomic E-state index is 14.7. The zero-order valence-corrected chi connectivity index (χ0v) is 16.9. The van der Waals surface area contributed by atoms with E-state index >= 15 is 0 Å². The van der Waals surface area contributed by atoms with Gasteiger partial charge in [0.1, 0.15) is 5.69 Å². The third-order valence-electron chi connectivity index (χ3n) is 5.38. The van der Waals surface area contributed by atoms with E-state index in [1.54, 1.807) is 19.9 Å².